The standard InChI is InChI=1S/C14H19N3O2.ClH/c1-2-19-13(18)17-11-10-16-9-3-4-12(16)14(17)5-7-15-8-6-14;/h3-4,9-11,15H,2,5-8H2,1H3;1H. The number of hydrogen-bond donors (Lipinski definition) is 1. The van der Waals surface area contributed by atoms with Crippen LogP contribution in [0, 0.1) is 0 Å². The zero-order valence-electron chi connectivity index (χ0n) is 11.5. The summed E-state index contributed by atoms with van der Waals surface area (Å²) in [5, 5.41) is 3.36. The summed E-state index contributed by atoms with van der Waals surface area (Å²) in [4.78, 5) is 14.0. The number of amides is 1. The van der Waals surface area contributed by atoms with E-state index in [9.17, 15) is 4.79 Å². The van der Waals surface area contributed by atoms with Gasteiger partial charge in [0.25, 0.3) is 0 Å². The molecule has 0 unspecified atom stereocenters. The molecule has 0 radical (unpaired) electrons. The number of nitrogens with zero attached hydrogens (tertiary/aromatic N) is 2. The maximum atomic E-state index is 12.2. The Labute approximate surface area is 125 Å². The molecule has 1 spiro atoms. The molecule has 6 heteroatoms. The van der Waals surface area contributed by atoms with Crippen LogP contribution in [0.2, 0.25) is 0 Å². The van der Waals surface area contributed by atoms with Gasteiger partial charge in [-0.1, -0.05) is 0 Å². The van der Waals surface area contributed by atoms with Crippen LogP contribution < -0.4 is 5.32 Å². The third-order valence-electron chi connectivity index (χ3n) is 3.99. The zero-order chi connectivity index (χ0) is 13.3. The van der Waals surface area contributed by atoms with Gasteiger partial charge in [0, 0.05) is 24.3 Å². The molecule has 0 atom stereocenters. The highest BCUT2D eigenvalue weighted by Crippen LogP contribution is 2.40. The minimum Gasteiger partial charge on any atom is -0.449 e. The number of piperidine rings is 1. The predicted molar refractivity (Wildman–Crippen MR) is 79.7 cm³/mol. The monoisotopic (exact) mass is 297 g/mol. The number of rotatable bonds is 1. The highest BCUT2D eigenvalue weighted by molar-refractivity contribution is 5.85. The van der Waals surface area contributed by atoms with Crippen LogP contribution in [0.1, 0.15) is 25.5 Å². The Morgan fingerprint density at radius 2 is 2.15 bits per heavy atom. The number of carbonyl (C=O) groups excluding carboxylic acids is 1. The molecular formula is C14H20ClN3O2. The summed E-state index contributed by atoms with van der Waals surface area (Å²) in [6.45, 7) is 4.06. The number of hydrogen-bond acceptors (Lipinski definition) is 3. The summed E-state index contributed by atoms with van der Waals surface area (Å²) < 4.78 is 7.30. The number of carbonyl (C=O) groups is 1. The molecule has 0 bridgehead atoms. The van der Waals surface area contributed by atoms with Crippen LogP contribution in [0.3, 0.4) is 0 Å². The van der Waals surface area contributed by atoms with Gasteiger partial charge in [0.15, 0.2) is 0 Å². The molecule has 1 aromatic heterocycles. The van der Waals surface area contributed by atoms with Crippen molar-refractivity contribution in [2.24, 2.45) is 0 Å². The Morgan fingerprint density at radius 1 is 1.40 bits per heavy atom. The van der Waals surface area contributed by atoms with E-state index in [1.807, 2.05) is 31.6 Å². The summed E-state index contributed by atoms with van der Waals surface area (Å²) in [6, 6.07) is 4.12. The summed E-state index contributed by atoms with van der Waals surface area (Å²) >= 11 is 0. The summed E-state index contributed by atoms with van der Waals surface area (Å²) in [7, 11) is 0. The van der Waals surface area contributed by atoms with Crippen molar-refractivity contribution in [3.05, 3.63) is 30.2 Å². The smallest absolute Gasteiger partial charge is 0.414 e. The minimum absolute atomic E-state index is 0. The van der Waals surface area contributed by atoms with E-state index in [4.69, 9.17) is 4.74 Å². The fraction of sp³-hybridized carbons (Fsp3) is 0.500. The largest absolute Gasteiger partial charge is 0.449 e. The van der Waals surface area contributed by atoms with E-state index in [1.165, 1.54) is 5.69 Å². The van der Waals surface area contributed by atoms with Gasteiger partial charge in [0.1, 0.15) is 0 Å². The topological polar surface area (TPSA) is 46.5 Å². The van der Waals surface area contributed by atoms with Crippen LogP contribution in [0.15, 0.2) is 24.5 Å². The average Bonchev–Trinajstić information content (AvgIpc) is 2.90. The Kier molecular flexibility index (Phi) is 4.40. The molecule has 110 valence electrons. The van der Waals surface area contributed by atoms with Crippen LogP contribution in [0.4, 0.5) is 4.79 Å². The molecule has 5 nitrogen and oxygen atoms in total. The van der Waals surface area contributed by atoms with Gasteiger partial charge in [-0.25, -0.2) is 4.79 Å². The molecule has 0 aromatic carbocycles. The van der Waals surface area contributed by atoms with Gasteiger partial charge in [-0.2, -0.15) is 0 Å². The SMILES string of the molecule is CCOC(=O)N1C=Cn2cccc2C12CCNCC2.Cl. The Bertz CT molecular complexity index is 506. The molecule has 1 N–H and O–H groups in total. The maximum Gasteiger partial charge on any atom is 0.414 e. The predicted octanol–water partition coefficient (Wildman–Crippen LogP) is 2.39. The quantitative estimate of drug-likeness (QED) is 0.866. The molecule has 1 aromatic rings. The first-order chi connectivity index (χ1) is 9.28. The Morgan fingerprint density at radius 3 is 2.85 bits per heavy atom. The van der Waals surface area contributed by atoms with Gasteiger partial charge < -0.3 is 14.6 Å². The summed E-state index contributed by atoms with van der Waals surface area (Å²) in [5.74, 6) is 0. The van der Waals surface area contributed by atoms with Crippen LogP contribution in [0.5, 0.6) is 0 Å². The zero-order valence-corrected chi connectivity index (χ0v) is 12.4. The number of fused-ring (bicyclic) bond motifs is 2. The van der Waals surface area contributed by atoms with Gasteiger partial charge in [-0.3, -0.25) is 4.90 Å². The fourth-order valence-electron chi connectivity index (χ4n) is 3.09. The van der Waals surface area contributed by atoms with Gasteiger partial charge >= 0.3 is 6.09 Å². The van der Waals surface area contributed by atoms with Crippen molar-refractivity contribution >= 4 is 24.7 Å². The lowest BCUT2D eigenvalue weighted by molar-refractivity contribution is 0.0563. The average molecular weight is 298 g/mol. The molecule has 0 saturated carbocycles. The van der Waals surface area contributed by atoms with Gasteiger partial charge in [-0.15, -0.1) is 12.4 Å². The summed E-state index contributed by atoms with van der Waals surface area (Å²) in [5.41, 5.74) is 0.903. The van der Waals surface area contributed by atoms with E-state index >= 15 is 0 Å². The lowest BCUT2D eigenvalue weighted by Crippen LogP contribution is -2.54. The van der Waals surface area contributed by atoms with E-state index in [0.717, 1.165) is 25.9 Å². The first kappa shape index (κ1) is 14.9. The highest BCUT2D eigenvalue weighted by Gasteiger charge is 2.45. The number of halogens is 1. The van der Waals surface area contributed by atoms with Crippen LogP contribution in [0.25, 0.3) is 6.20 Å². The molecular weight excluding hydrogens is 278 g/mol. The first-order valence-corrected chi connectivity index (χ1v) is 6.80. The van der Waals surface area contributed by atoms with Crippen LogP contribution >= 0.6 is 12.4 Å². The van der Waals surface area contributed by atoms with Crippen molar-refractivity contribution in [3.8, 4) is 0 Å². The number of aromatic nitrogens is 1. The molecule has 3 rings (SSSR count). The van der Waals surface area contributed by atoms with Gasteiger partial charge in [0.05, 0.1) is 12.1 Å². The van der Waals surface area contributed by atoms with Crippen LogP contribution in [-0.2, 0) is 10.3 Å². The van der Waals surface area contributed by atoms with E-state index in [0.29, 0.717) is 6.61 Å². The normalized spacial score (nSPS) is 19.4. The van der Waals surface area contributed by atoms with Crippen molar-refractivity contribution in [1.82, 2.24) is 14.8 Å². The lowest BCUT2D eigenvalue weighted by Gasteiger charge is -2.46. The van der Waals surface area contributed by atoms with Crippen molar-refractivity contribution < 1.29 is 9.53 Å². The second kappa shape index (κ2) is 5.89. The fourth-order valence-corrected chi connectivity index (χ4v) is 3.09. The Hall–Kier alpha value is -1.46. The second-order valence-corrected chi connectivity index (χ2v) is 4.95. The number of nitrogens with one attached hydrogen (secondary N) is 1. The third-order valence-corrected chi connectivity index (χ3v) is 3.99. The van der Waals surface area contributed by atoms with E-state index < -0.39 is 0 Å². The second-order valence-electron chi connectivity index (χ2n) is 4.95. The lowest BCUT2D eigenvalue weighted by atomic mass is 9.83. The molecule has 1 fully saturated rings. The van der Waals surface area contributed by atoms with E-state index in [1.54, 1.807) is 4.90 Å². The van der Waals surface area contributed by atoms with Crippen molar-refractivity contribution in [1.29, 1.82) is 0 Å². The minimum atomic E-state index is -0.268. The van der Waals surface area contributed by atoms with Crippen molar-refractivity contribution in [2.75, 3.05) is 19.7 Å². The first-order valence-electron chi connectivity index (χ1n) is 6.80. The van der Waals surface area contributed by atoms with E-state index in [2.05, 4.69) is 16.0 Å². The maximum absolute atomic E-state index is 12.2. The highest BCUT2D eigenvalue weighted by atomic mass is 35.5. The molecule has 2 aliphatic heterocycles. The molecule has 1 amide bonds. The number of ether oxygens (including phenoxy) is 1. The molecule has 0 aliphatic carbocycles. The van der Waals surface area contributed by atoms with Gasteiger partial charge in [-0.05, 0) is 45.0 Å². The molecule has 1 saturated heterocycles. The van der Waals surface area contributed by atoms with Crippen molar-refractivity contribution in [2.45, 2.75) is 25.3 Å². The third kappa shape index (κ3) is 2.21. The van der Waals surface area contributed by atoms with Gasteiger partial charge in [0.2, 0.25) is 0 Å². The molecule has 20 heavy (non-hydrogen) atoms. The van der Waals surface area contributed by atoms with Crippen molar-refractivity contribution in [3.63, 3.8) is 0 Å². The van der Waals surface area contributed by atoms with E-state index in [-0.39, 0.29) is 24.0 Å². The van der Waals surface area contributed by atoms with Crippen LogP contribution in [-0.4, -0.2) is 35.3 Å². The Balaban J connectivity index is 0.00000147. The summed E-state index contributed by atoms with van der Waals surface area (Å²) in [6.07, 6.45) is 7.34. The molecule has 3 heterocycles. The molecule has 2 aliphatic rings.